The molecule has 0 bridgehead atoms. The fourth-order valence-corrected chi connectivity index (χ4v) is 3.92. The zero-order chi connectivity index (χ0) is 15.4. The third kappa shape index (κ3) is 4.03. The van der Waals surface area contributed by atoms with Crippen LogP contribution >= 0.6 is 11.8 Å². The maximum absolute atomic E-state index is 12.9. The Morgan fingerprint density at radius 2 is 2.10 bits per heavy atom. The molecule has 2 saturated heterocycles. The first-order valence-electron chi connectivity index (χ1n) is 7.51. The number of hydrogen-bond donors (Lipinski definition) is 1. The Balaban J connectivity index is 2.09. The van der Waals surface area contributed by atoms with E-state index in [0.29, 0.717) is 25.4 Å². The van der Waals surface area contributed by atoms with Gasteiger partial charge in [-0.15, -0.1) is 0 Å². The Kier molecular flexibility index (Phi) is 5.75. The van der Waals surface area contributed by atoms with Crippen molar-refractivity contribution in [2.45, 2.75) is 44.9 Å². The Morgan fingerprint density at radius 1 is 1.33 bits per heavy atom. The lowest BCUT2D eigenvalue weighted by atomic mass is 10.1. The fraction of sp³-hybridized carbons (Fsp3) is 0.857. The number of thioether (sulfide) groups is 1. The number of carbonyl (C=O) groups is 2. The van der Waals surface area contributed by atoms with Gasteiger partial charge >= 0.3 is 12.0 Å². The Bertz CT molecular complexity index is 393. The second-order valence-electron chi connectivity index (χ2n) is 5.66. The Labute approximate surface area is 129 Å². The summed E-state index contributed by atoms with van der Waals surface area (Å²) < 4.78 is 5.63. The van der Waals surface area contributed by atoms with E-state index < -0.39 is 5.97 Å². The molecule has 2 heterocycles. The summed E-state index contributed by atoms with van der Waals surface area (Å²) in [6.07, 6.45) is 0.911. The van der Waals surface area contributed by atoms with Gasteiger partial charge in [-0.2, -0.15) is 11.8 Å². The van der Waals surface area contributed by atoms with E-state index in [1.807, 2.05) is 18.7 Å². The van der Waals surface area contributed by atoms with Gasteiger partial charge < -0.3 is 19.6 Å². The van der Waals surface area contributed by atoms with Crippen molar-refractivity contribution in [3.8, 4) is 0 Å². The van der Waals surface area contributed by atoms with Crippen LogP contribution in [0.25, 0.3) is 0 Å². The van der Waals surface area contributed by atoms with Crippen LogP contribution in [0.5, 0.6) is 0 Å². The number of ether oxygens (including phenoxy) is 1. The number of morpholine rings is 1. The van der Waals surface area contributed by atoms with Crippen molar-refractivity contribution >= 4 is 23.8 Å². The summed E-state index contributed by atoms with van der Waals surface area (Å²) in [5, 5.41) is 9.04. The third-order valence-corrected chi connectivity index (χ3v) is 5.16. The van der Waals surface area contributed by atoms with Crippen LogP contribution in [0.3, 0.4) is 0 Å². The SMILES string of the molecule is CCC1COC(C)CN1C(=O)N1CCSCC1CC(=O)O. The van der Waals surface area contributed by atoms with Crippen molar-refractivity contribution < 1.29 is 19.4 Å². The zero-order valence-corrected chi connectivity index (χ0v) is 13.5. The zero-order valence-electron chi connectivity index (χ0n) is 12.7. The third-order valence-electron chi connectivity index (χ3n) is 4.07. The van der Waals surface area contributed by atoms with E-state index in [9.17, 15) is 9.59 Å². The van der Waals surface area contributed by atoms with Gasteiger partial charge in [-0.05, 0) is 13.3 Å². The standard InChI is InChI=1S/C14H24N2O4S/c1-3-11-8-20-10(2)7-16(11)14(19)15-4-5-21-9-12(15)6-13(17)18/h10-12H,3-9H2,1-2H3,(H,17,18). The van der Waals surface area contributed by atoms with Crippen molar-refractivity contribution in [1.29, 1.82) is 0 Å². The number of carboxylic acid groups (broad SMARTS) is 1. The molecule has 2 aliphatic heterocycles. The van der Waals surface area contributed by atoms with Gasteiger partial charge in [-0.1, -0.05) is 6.92 Å². The molecule has 0 radical (unpaired) electrons. The summed E-state index contributed by atoms with van der Waals surface area (Å²) >= 11 is 1.72. The lowest BCUT2D eigenvalue weighted by molar-refractivity contribution is -0.138. The van der Waals surface area contributed by atoms with Gasteiger partial charge in [0.05, 0.1) is 31.2 Å². The molecule has 2 rings (SSSR count). The molecule has 2 amide bonds. The summed E-state index contributed by atoms with van der Waals surface area (Å²) in [5.41, 5.74) is 0. The summed E-state index contributed by atoms with van der Waals surface area (Å²) in [5.74, 6) is 0.732. The molecule has 0 saturated carbocycles. The van der Waals surface area contributed by atoms with Crippen LogP contribution in [0.1, 0.15) is 26.7 Å². The van der Waals surface area contributed by atoms with Gasteiger partial charge in [0.2, 0.25) is 0 Å². The molecule has 1 N–H and O–H groups in total. The first kappa shape index (κ1) is 16.4. The van der Waals surface area contributed by atoms with E-state index >= 15 is 0 Å². The van der Waals surface area contributed by atoms with Crippen molar-refractivity contribution in [2.75, 3.05) is 31.2 Å². The topological polar surface area (TPSA) is 70.1 Å². The minimum atomic E-state index is -0.845. The van der Waals surface area contributed by atoms with Crippen LogP contribution in [-0.2, 0) is 9.53 Å². The average Bonchev–Trinajstić information content (AvgIpc) is 2.46. The van der Waals surface area contributed by atoms with Gasteiger partial charge in [-0.25, -0.2) is 4.79 Å². The molecule has 2 aliphatic rings. The van der Waals surface area contributed by atoms with E-state index in [4.69, 9.17) is 9.84 Å². The minimum Gasteiger partial charge on any atom is -0.481 e. The number of amides is 2. The highest BCUT2D eigenvalue weighted by atomic mass is 32.2. The maximum atomic E-state index is 12.9. The van der Waals surface area contributed by atoms with Gasteiger partial charge in [0.25, 0.3) is 0 Å². The number of carbonyl (C=O) groups excluding carboxylic acids is 1. The summed E-state index contributed by atoms with van der Waals surface area (Å²) in [6, 6.07) is -0.137. The lowest BCUT2D eigenvalue weighted by Crippen LogP contribution is -2.59. The largest absolute Gasteiger partial charge is 0.481 e. The second-order valence-corrected chi connectivity index (χ2v) is 6.81. The molecular formula is C14H24N2O4S. The molecule has 120 valence electrons. The smallest absolute Gasteiger partial charge is 0.320 e. The second kappa shape index (κ2) is 7.35. The number of aliphatic carboxylic acids is 1. The van der Waals surface area contributed by atoms with E-state index in [-0.39, 0.29) is 30.6 Å². The summed E-state index contributed by atoms with van der Waals surface area (Å²) in [7, 11) is 0. The van der Waals surface area contributed by atoms with Crippen molar-refractivity contribution in [3.63, 3.8) is 0 Å². The predicted octanol–water partition coefficient (Wildman–Crippen LogP) is 1.50. The highest BCUT2D eigenvalue weighted by Gasteiger charge is 2.36. The summed E-state index contributed by atoms with van der Waals surface area (Å²) in [6.45, 7) is 5.79. The molecule has 21 heavy (non-hydrogen) atoms. The highest BCUT2D eigenvalue weighted by molar-refractivity contribution is 7.99. The first-order chi connectivity index (χ1) is 10.0. The predicted molar refractivity (Wildman–Crippen MR) is 81.7 cm³/mol. The van der Waals surface area contributed by atoms with Crippen molar-refractivity contribution in [3.05, 3.63) is 0 Å². The van der Waals surface area contributed by atoms with Gasteiger partial charge in [0.15, 0.2) is 0 Å². The molecule has 0 aliphatic carbocycles. The van der Waals surface area contributed by atoms with Crippen LogP contribution in [0.2, 0.25) is 0 Å². The molecule has 3 atom stereocenters. The lowest BCUT2D eigenvalue weighted by Gasteiger charge is -2.44. The van der Waals surface area contributed by atoms with Gasteiger partial charge in [0.1, 0.15) is 0 Å². The number of nitrogens with zero attached hydrogens (tertiary/aromatic N) is 2. The molecule has 0 spiro atoms. The average molecular weight is 316 g/mol. The van der Waals surface area contributed by atoms with Crippen LogP contribution in [0.15, 0.2) is 0 Å². The Morgan fingerprint density at radius 3 is 2.76 bits per heavy atom. The van der Waals surface area contributed by atoms with Crippen molar-refractivity contribution in [1.82, 2.24) is 9.80 Å². The minimum absolute atomic E-state index is 0.0232. The number of rotatable bonds is 3. The molecular weight excluding hydrogens is 292 g/mol. The number of carboxylic acids is 1. The number of urea groups is 1. The molecule has 6 nitrogen and oxygen atoms in total. The van der Waals surface area contributed by atoms with E-state index in [1.165, 1.54) is 0 Å². The monoisotopic (exact) mass is 316 g/mol. The van der Waals surface area contributed by atoms with Crippen LogP contribution in [-0.4, -0.2) is 76.3 Å². The first-order valence-corrected chi connectivity index (χ1v) is 8.66. The molecule has 2 fully saturated rings. The van der Waals surface area contributed by atoms with E-state index in [0.717, 1.165) is 12.2 Å². The quantitative estimate of drug-likeness (QED) is 0.854. The fourth-order valence-electron chi connectivity index (χ4n) is 2.86. The number of hydrogen-bond acceptors (Lipinski definition) is 4. The maximum Gasteiger partial charge on any atom is 0.320 e. The van der Waals surface area contributed by atoms with Crippen LogP contribution < -0.4 is 0 Å². The molecule has 7 heteroatoms. The normalized spacial score (nSPS) is 30.3. The molecule has 0 aromatic rings. The van der Waals surface area contributed by atoms with E-state index in [1.54, 1.807) is 16.7 Å². The van der Waals surface area contributed by atoms with Crippen LogP contribution in [0.4, 0.5) is 4.79 Å². The van der Waals surface area contributed by atoms with Crippen LogP contribution in [0, 0.1) is 0 Å². The molecule has 3 unspecified atom stereocenters. The highest BCUT2D eigenvalue weighted by Crippen LogP contribution is 2.23. The van der Waals surface area contributed by atoms with Gasteiger partial charge in [-0.3, -0.25) is 4.79 Å². The Hall–Kier alpha value is -0.950. The summed E-state index contributed by atoms with van der Waals surface area (Å²) in [4.78, 5) is 27.5. The van der Waals surface area contributed by atoms with E-state index in [2.05, 4.69) is 0 Å². The molecule has 0 aromatic heterocycles. The molecule has 0 aromatic carbocycles. The van der Waals surface area contributed by atoms with Gasteiger partial charge in [0, 0.05) is 24.6 Å². The van der Waals surface area contributed by atoms with Crippen molar-refractivity contribution in [2.24, 2.45) is 0 Å².